The van der Waals surface area contributed by atoms with E-state index >= 15 is 0 Å². The number of rotatable bonds is 6. The average Bonchev–Trinajstić information content (AvgIpc) is 3.13. The summed E-state index contributed by atoms with van der Waals surface area (Å²) in [6.45, 7) is 0.584. The van der Waals surface area contributed by atoms with Crippen LogP contribution in [0.2, 0.25) is 5.02 Å². The Morgan fingerprint density at radius 1 is 1.16 bits per heavy atom. The van der Waals surface area contributed by atoms with Gasteiger partial charge in [-0.25, -0.2) is 4.68 Å². The van der Waals surface area contributed by atoms with E-state index in [2.05, 4.69) is 10.4 Å². The number of nitrogens with one attached hydrogen (secondary N) is 1. The number of aromatic nitrogens is 2. The number of nitrogens with zero attached hydrogens (tertiary/aromatic N) is 2. The number of carbonyl (C=O) groups is 1. The van der Waals surface area contributed by atoms with Crippen LogP contribution in [0.4, 0.5) is 0 Å². The molecule has 128 valence electrons. The van der Waals surface area contributed by atoms with Gasteiger partial charge in [0.2, 0.25) is 5.91 Å². The van der Waals surface area contributed by atoms with Gasteiger partial charge in [0.25, 0.3) is 5.56 Å². The Morgan fingerprint density at radius 2 is 1.96 bits per heavy atom. The summed E-state index contributed by atoms with van der Waals surface area (Å²) in [7, 11) is 0. The first-order chi connectivity index (χ1) is 12.1. The third-order valence-corrected chi connectivity index (χ3v) is 3.82. The minimum atomic E-state index is -0.234. The topological polar surface area (TPSA) is 77.1 Å². The molecule has 1 aromatic carbocycles. The molecule has 0 bridgehead atoms. The number of benzene rings is 1. The maximum atomic E-state index is 12.0. The molecular weight excluding hydrogens is 342 g/mol. The number of furan rings is 1. The minimum absolute atomic E-state index is 0.127. The number of halogens is 1. The van der Waals surface area contributed by atoms with Gasteiger partial charge < -0.3 is 9.73 Å². The van der Waals surface area contributed by atoms with E-state index in [9.17, 15) is 9.59 Å². The van der Waals surface area contributed by atoms with E-state index in [1.54, 1.807) is 48.7 Å². The van der Waals surface area contributed by atoms with Crippen LogP contribution in [0.1, 0.15) is 5.56 Å². The molecule has 0 aliphatic heterocycles. The maximum Gasteiger partial charge on any atom is 0.266 e. The summed E-state index contributed by atoms with van der Waals surface area (Å²) in [6, 6.07) is 13.7. The molecule has 0 saturated carbocycles. The first-order valence-corrected chi connectivity index (χ1v) is 8.13. The van der Waals surface area contributed by atoms with Crippen molar-refractivity contribution in [2.45, 2.75) is 13.0 Å². The molecule has 0 aliphatic carbocycles. The van der Waals surface area contributed by atoms with Crippen molar-refractivity contribution >= 4 is 17.5 Å². The fraction of sp³-hybridized carbons (Fsp3) is 0.167. The summed E-state index contributed by atoms with van der Waals surface area (Å²) in [5.41, 5.74) is 1.20. The Bertz CT molecular complexity index is 902. The Balaban J connectivity index is 1.56. The monoisotopic (exact) mass is 357 g/mol. The lowest BCUT2D eigenvalue weighted by Gasteiger charge is -2.08. The molecule has 7 heteroatoms. The summed E-state index contributed by atoms with van der Waals surface area (Å²) < 4.78 is 6.58. The summed E-state index contributed by atoms with van der Waals surface area (Å²) in [4.78, 5) is 23.8. The van der Waals surface area contributed by atoms with Gasteiger partial charge in [-0.3, -0.25) is 9.59 Å². The van der Waals surface area contributed by atoms with Crippen molar-refractivity contribution in [3.8, 4) is 11.5 Å². The molecule has 2 aromatic heterocycles. The fourth-order valence-corrected chi connectivity index (χ4v) is 2.44. The summed E-state index contributed by atoms with van der Waals surface area (Å²) in [5.74, 6) is 0.457. The van der Waals surface area contributed by atoms with Gasteiger partial charge in [-0.2, -0.15) is 5.10 Å². The van der Waals surface area contributed by atoms with Crippen LogP contribution in [-0.2, 0) is 17.8 Å². The van der Waals surface area contributed by atoms with Crippen molar-refractivity contribution in [3.63, 3.8) is 0 Å². The van der Waals surface area contributed by atoms with Gasteiger partial charge in [0, 0.05) is 17.6 Å². The number of hydrogen-bond donors (Lipinski definition) is 1. The predicted octanol–water partition coefficient (Wildman–Crippen LogP) is 2.52. The first kappa shape index (κ1) is 17.0. The Morgan fingerprint density at radius 3 is 2.68 bits per heavy atom. The highest BCUT2D eigenvalue weighted by Gasteiger charge is 2.07. The molecule has 25 heavy (non-hydrogen) atoms. The Hall–Kier alpha value is -2.86. The van der Waals surface area contributed by atoms with Crippen molar-refractivity contribution in [2.24, 2.45) is 0 Å². The molecule has 0 unspecified atom stereocenters. The molecule has 3 rings (SSSR count). The van der Waals surface area contributed by atoms with Gasteiger partial charge in [0.05, 0.1) is 19.2 Å². The smallest absolute Gasteiger partial charge is 0.266 e. The number of carbonyl (C=O) groups excluding carboxylic acids is 1. The lowest BCUT2D eigenvalue weighted by atomic mass is 10.1. The van der Waals surface area contributed by atoms with Gasteiger partial charge in [0.15, 0.2) is 5.76 Å². The maximum absolute atomic E-state index is 12.0. The molecular formula is C18H16ClN3O3. The first-order valence-electron chi connectivity index (χ1n) is 7.75. The molecule has 0 saturated heterocycles. The van der Waals surface area contributed by atoms with Crippen LogP contribution in [-0.4, -0.2) is 22.2 Å². The van der Waals surface area contributed by atoms with Crippen LogP contribution in [0.3, 0.4) is 0 Å². The van der Waals surface area contributed by atoms with Gasteiger partial charge >= 0.3 is 0 Å². The van der Waals surface area contributed by atoms with Crippen molar-refractivity contribution in [2.75, 3.05) is 6.54 Å². The third kappa shape index (κ3) is 4.58. The van der Waals surface area contributed by atoms with Crippen molar-refractivity contribution in [3.05, 3.63) is 75.7 Å². The summed E-state index contributed by atoms with van der Waals surface area (Å²) in [5, 5.41) is 7.66. The largest absolute Gasteiger partial charge is 0.463 e. The van der Waals surface area contributed by atoms with Crippen LogP contribution in [0.5, 0.6) is 0 Å². The molecule has 0 radical (unpaired) electrons. The Labute approximate surface area is 149 Å². The second-order valence-electron chi connectivity index (χ2n) is 5.41. The highest BCUT2D eigenvalue weighted by molar-refractivity contribution is 6.30. The fourth-order valence-electron chi connectivity index (χ4n) is 2.32. The number of hydrogen-bond acceptors (Lipinski definition) is 4. The molecule has 1 N–H and O–H groups in total. The molecule has 2 heterocycles. The lowest BCUT2D eigenvalue weighted by molar-refractivity contribution is -0.120. The molecule has 0 aliphatic rings. The predicted molar refractivity (Wildman–Crippen MR) is 94.4 cm³/mol. The van der Waals surface area contributed by atoms with Crippen molar-refractivity contribution in [1.29, 1.82) is 0 Å². The van der Waals surface area contributed by atoms with Crippen LogP contribution in [0.15, 0.2) is 64.0 Å². The van der Waals surface area contributed by atoms with E-state index in [1.807, 2.05) is 0 Å². The molecule has 0 spiro atoms. The molecule has 0 atom stereocenters. The van der Waals surface area contributed by atoms with Crippen LogP contribution < -0.4 is 10.9 Å². The standard InChI is InChI=1S/C18H16ClN3O3/c19-14-5-3-13(4-6-14)12-17(23)20-9-10-22-18(24)8-7-15(21-22)16-2-1-11-25-16/h1-8,11H,9-10,12H2,(H,20,23). The van der Waals surface area contributed by atoms with E-state index in [-0.39, 0.29) is 24.4 Å². The summed E-state index contributed by atoms with van der Waals surface area (Å²) in [6.07, 6.45) is 1.80. The zero-order valence-corrected chi connectivity index (χ0v) is 14.1. The van der Waals surface area contributed by atoms with E-state index in [0.29, 0.717) is 23.0 Å². The molecule has 6 nitrogen and oxygen atoms in total. The van der Waals surface area contributed by atoms with E-state index < -0.39 is 0 Å². The number of amides is 1. The quantitative estimate of drug-likeness (QED) is 0.735. The molecule has 1 amide bonds. The van der Waals surface area contributed by atoms with Crippen LogP contribution >= 0.6 is 11.6 Å². The van der Waals surface area contributed by atoms with Gasteiger partial charge in [-0.15, -0.1) is 0 Å². The van der Waals surface area contributed by atoms with E-state index in [0.717, 1.165) is 5.56 Å². The molecule has 3 aromatic rings. The normalized spacial score (nSPS) is 10.6. The van der Waals surface area contributed by atoms with E-state index in [4.69, 9.17) is 16.0 Å². The highest BCUT2D eigenvalue weighted by Crippen LogP contribution is 2.15. The second kappa shape index (κ2) is 7.81. The minimum Gasteiger partial charge on any atom is -0.463 e. The second-order valence-corrected chi connectivity index (χ2v) is 5.85. The van der Waals surface area contributed by atoms with Crippen LogP contribution in [0, 0.1) is 0 Å². The van der Waals surface area contributed by atoms with Gasteiger partial charge in [-0.05, 0) is 35.9 Å². The van der Waals surface area contributed by atoms with Crippen molar-refractivity contribution in [1.82, 2.24) is 15.1 Å². The van der Waals surface area contributed by atoms with Gasteiger partial charge in [0.1, 0.15) is 5.69 Å². The van der Waals surface area contributed by atoms with E-state index in [1.165, 1.54) is 10.7 Å². The zero-order valence-electron chi connectivity index (χ0n) is 13.3. The lowest BCUT2D eigenvalue weighted by Crippen LogP contribution is -2.32. The zero-order chi connectivity index (χ0) is 17.6. The molecule has 0 fully saturated rings. The average molecular weight is 358 g/mol. The highest BCUT2D eigenvalue weighted by atomic mass is 35.5. The Kier molecular flexibility index (Phi) is 5.30. The van der Waals surface area contributed by atoms with Crippen molar-refractivity contribution < 1.29 is 9.21 Å². The van der Waals surface area contributed by atoms with Crippen LogP contribution in [0.25, 0.3) is 11.5 Å². The SMILES string of the molecule is O=C(Cc1ccc(Cl)cc1)NCCn1nc(-c2ccco2)ccc1=O. The summed E-state index contributed by atoms with van der Waals surface area (Å²) >= 11 is 5.82. The van der Waals surface area contributed by atoms with Gasteiger partial charge in [-0.1, -0.05) is 23.7 Å². The third-order valence-electron chi connectivity index (χ3n) is 3.56.